The first-order chi connectivity index (χ1) is 7.15. The minimum absolute atomic E-state index is 0.398. The first-order valence-electron chi connectivity index (χ1n) is 5.00. The summed E-state index contributed by atoms with van der Waals surface area (Å²) in [4.78, 5) is 0. The summed E-state index contributed by atoms with van der Waals surface area (Å²) in [5.41, 5.74) is 0.0382. The Morgan fingerprint density at radius 1 is 1.33 bits per heavy atom. The molecule has 78 valence electrons. The van der Waals surface area contributed by atoms with Crippen molar-refractivity contribution in [3.05, 3.63) is 35.4 Å². The highest BCUT2D eigenvalue weighted by molar-refractivity contribution is 5.23. The SMILES string of the molecule is N#CC1(Cc2ccc(F)cc2F)CCC1. The molecule has 0 spiro atoms. The molecule has 1 aromatic carbocycles. The number of benzene rings is 1. The van der Waals surface area contributed by atoms with Gasteiger partial charge in [-0.3, -0.25) is 0 Å². The molecule has 0 aliphatic heterocycles. The van der Waals surface area contributed by atoms with Crippen molar-refractivity contribution >= 4 is 0 Å². The lowest BCUT2D eigenvalue weighted by Crippen LogP contribution is -2.30. The third-order valence-corrected chi connectivity index (χ3v) is 3.09. The second-order valence-electron chi connectivity index (χ2n) is 4.16. The Morgan fingerprint density at radius 2 is 2.07 bits per heavy atom. The molecule has 3 heteroatoms. The molecule has 0 amide bonds. The minimum Gasteiger partial charge on any atom is -0.207 e. The zero-order valence-electron chi connectivity index (χ0n) is 8.26. The van der Waals surface area contributed by atoms with Crippen LogP contribution in [0.1, 0.15) is 24.8 Å². The average Bonchev–Trinajstić information content (AvgIpc) is 2.14. The molecule has 1 nitrogen and oxygen atoms in total. The van der Waals surface area contributed by atoms with Crippen LogP contribution in [0, 0.1) is 28.4 Å². The van der Waals surface area contributed by atoms with Crippen molar-refractivity contribution in [1.29, 1.82) is 5.26 Å². The fourth-order valence-electron chi connectivity index (χ4n) is 1.96. The first-order valence-corrected chi connectivity index (χ1v) is 5.00. The Morgan fingerprint density at radius 3 is 2.53 bits per heavy atom. The topological polar surface area (TPSA) is 23.8 Å². The van der Waals surface area contributed by atoms with E-state index in [2.05, 4.69) is 6.07 Å². The average molecular weight is 207 g/mol. The van der Waals surface area contributed by atoms with Crippen molar-refractivity contribution in [2.75, 3.05) is 0 Å². The molecule has 0 heterocycles. The molecule has 1 saturated carbocycles. The second-order valence-corrected chi connectivity index (χ2v) is 4.16. The minimum atomic E-state index is -0.573. The van der Waals surface area contributed by atoms with Gasteiger partial charge in [-0.05, 0) is 30.9 Å². The molecule has 2 rings (SSSR count). The number of hydrogen-bond acceptors (Lipinski definition) is 1. The summed E-state index contributed by atoms with van der Waals surface area (Å²) >= 11 is 0. The molecule has 1 fully saturated rings. The van der Waals surface area contributed by atoms with Gasteiger partial charge in [0.2, 0.25) is 0 Å². The largest absolute Gasteiger partial charge is 0.207 e. The van der Waals surface area contributed by atoms with Gasteiger partial charge in [0.1, 0.15) is 11.6 Å². The first kappa shape index (κ1) is 10.1. The van der Waals surface area contributed by atoms with Crippen LogP contribution in [0.25, 0.3) is 0 Å². The molecule has 0 radical (unpaired) electrons. The molecular formula is C12H11F2N. The summed E-state index contributed by atoms with van der Waals surface area (Å²) < 4.78 is 26.0. The van der Waals surface area contributed by atoms with Crippen molar-refractivity contribution < 1.29 is 8.78 Å². The normalized spacial score (nSPS) is 17.9. The maximum atomic E-state index is 13.3. The summed E-state index contributed by atoms with van der Waals surface area (Å²) in [5.74, 6) is -1.12. The molecule has 1 aliphatic rings. The van der Waals surface area contributed by atoms with Crippen LogP contribution in [0.4, 0.5) is 8.78 Å². The van der Waals surface area contributed by atoms with E-state index in [9.17, 15) is 8.78 Å². The van der Waals surface area contributed by atoms with E-state index in [1.54, 1.807) is 0 Å². The number of halogens is 2. The maximum absolute atomic E-state index is 13.3. The number of hydrogen-bond donors (Lipinski definition) is 0. The van der Waals surface area contributed by atoms with E-state index in [0.717, 1.165) is 25.3 Å². The fourth-order valence-corrected chi connectivity index (χ4v) is 1.96. The van der Waals surface area contributed by atoms with Crippen molar-refractivity contribution in [3.8, 4) is 6.07 Å². The molecule has 0 N–H and O–H groups in total. The molecule has 1 aromatic rings. The molecule has 0 saturated heterocycles. The smallest absolute Gasteiger partial charge is 0.129 e. The van der Waals surface area contributed by atoms with Gasteiger partial charge in [-0.25, -0.2) is 8.78 Å². The van der Waals surface area contributed by atoms with E-state index in [1.807, 2.05) is 0 Å². The molecule has 15 heavy (non-hydrogen) atoms. The molecule has 1 aliphatic carbocycles. The highest BCUT2D eigenvalue weighted by Gasteiger charge is 2.37. The fraction of sp³-hybridized carbons (Fsp3) is 0.417. The molecule has 0 unspecified atom stereocenters. The van der Waals surface area contributed by atoms with Crippen molar-refractivity contribution in [2.45, 2.75) is 25.7 Å². The molecule has 0 atom stereocenters. The predicted molar refractivity (Wildman–Crippen MR) is 52.0 cm³/mol. The van der Waals surface area contributed by atoms with Gasteiger partial charge in [-0.2, -0.15) is 5.26 Å². The Labute approximate surface area is 87.3 Å². The molecule has 0 aromatic heterocycles. The monoisotopic (exact) mass is 207 g/mol. The summed E-state index contributed by atoms with van der Waals surface area (Å²) in [6.07, 6.45) is 3.06. The summed E-state index contributed by atoms with van der Waals surface area (Å²) in [6.45, 7) is 0. The summed E-state index contributed by atoms with van der Waals surface area (Å²) in [5, 5.41) is 9.00. The highest BCUT2D eigenvalue weighted by atomic mass is 19.1. The lowest BCUT2D eigenvalue weighted by atomic mass is 9.66. The number of nitrogens with zero attached hydrogens (tertiary/aromatic N) is 1. The van der Waals surface area contributed by atoms with E-state index < -0.39 is 17.0 Å². The summed E-state index contributed by atoms with van der Waals surface area (Å²) in [7, 11) is 0. The predicted octanol–water partition coefficient (Wildman–Crippen LogP) is 3.20. The Bertz CT molecular complexity index is 416. The van der Waals surface area contributed by atoms with Crippen LogP contribution < -0.4 is 0 Å². The van der Waals surface area contributed by atoms with Crippen LogP contribution in [0.15, 0.2) is 18.2 Å². The third-order valence-electron chi connectivity index (χ3n) is 3.09. The zero-order chi connectivity index (χ0) is 10.9. The van der Waals surface area contributed by atoms with Crippen LogP contribution in [0.5, 0.6) is 0 Å². The van der Waals surface area contributed by atoms with Crippen LogP contribution in [0.3, 0.4) is 0 Å². The van der Waals surface area contributed by atoms with E-state index in [0.29, 0.717) is 12.0 Å². The highest BCUT2D eigenvalue weighted by Crippen LogP contribution is 2.43. The molecular weight excluding hydrogens is 196 g/mol. The van der Waals surface area contributed by atoms with Crippen molar-refractivity contribution in [2.24, 2.45) is 5.41 Å². The van der Waals surface area contributed by atoms with E-state index in [-0.39, 0.29) is 0 Å². The van der Waals surface area contributed by atoms with Gasteiger partial charge in [0.05, 0.1) is 11.5 Å². The molecule has 0 bridgehead atoms. The van der Waals surface area contributed by atoms with Gasteiger partial charge in [0.15, 0.2) is 0 Å². The van der Waals surface area contributed by atoms with Gasteiger partial charge in [-0.1, -0.05) is 12.5 Å². The van der Waals surface area contributed by atoms with Gasteiger partial charge in [0, 0.05) is 6.07 Å². The Hall–Kier alpha value is -1.43. The lowest BCUT2D eigenvalue weighted by Gasteiger charge is -2.35. The van der Waals surface area contributed by atoms with Gasteiger partial charge >= 0.3 is 0 Å². The quantitative estimate of drug-likeness (QED) is 0.730. The van der Waals surface area contributed by atoms with Gasteiger partial charge < -0.3 is 0 Å². The van der Waals surface area contributed by atoms with Crippen LogP contribution >= 0.6 is 0 Å². The van der Waals surface area contributed by atoms with E-state index >= 15 is 0 Å². The lowest BCUT2D eigenvalue weighted by molar-refractivity contribution is 0.212. The van der Waals surface area contributed by atoms with Crippen LogP contribution in [0.2, 0.25) is 0 Å². The van der Waals surface area contributed by atoms with Crippen LogP contribution in [-0.4, -0.2) is 0 Å². The number of rotatable bonds is 2. The van der Waals surface area contributed by atoms with Crippen molar-refractivity contribution in [1.82, 2.24) is 0 Å². The standard InChI is InChI=1S/C12H11F2N/c13-10-3-2-9(11(14)6-10)7-12(8-15)4-1-5-12/h2-3,6H,1,4-5,7H2. The van der Waals surface area contributed by atoms with Crippen molar-refractivity contribution in [3.63, 3.8) is 0 Å². The zero-order valence-corrected chi connectivity index (χ0v) is 8.26. The third kappa shape index (κ3) is 1.85. The van der Waals surface area contributed by atoms with Crippen LogP contribution in [-0.2, 0) is 6.42 Å². The number of nitriles is 1. The maximum Gasteiger partial charge on any atom is 0.129 e. The summed E-state index contributed by atoms with van der Waals surface area (Å²) in [6, 6.07) is 5.79. The Kier molecular flexibility index (Phi) is 2.44. The van der Waals surface area contributed by atoms with Gasteiger partial charge in [-0.15, -0.1) is 0 Å². The second kappa shape index (κ2) is 3.62. The van der Waals surface area contributed by atoms with Gasteiger partial charge in [0.25, 0.3) is 0 Å². The Balaban J connectivity index is 2.21. The van der Waals surface area contributed by atoms with E-state index in [1.165, 1.54) is 12.1 Å². The van der Waals surface area contributed by atoms with E-state index in [4.69, 9.17) is 5.26 Å².